The first-order valence-corrected chi connectivity index (χ1v) is 11.4. The van der Waals surface area contributed by atoms with E-state index >= 15 is 0 Å². The van der Waals surface area contributed by atoms with Gasteiger partial charge in [0.1, 0.15) is 12.2 Å². The summed E-state index contributed by atoms with van der Waals surface area (Å²) in [5, 5.41) is 3.55. The Balaban J connectivity index is 1.74. The lowest BCUT2D eigenvalue weighted by molar-refractivity contribution is -0.144. The van der Waals surface area contributed by atoms with Crippen molar-refractivity contribution in [3.05, 3.63) is 81.9 Å². The first-order valence-electron chi connectivity index (χ1n) is 11.4. The zero-order valence-corrected chi connectivity index (χ0v) is 19.4. The highest BCUT2D eigenvalue weighted by Crippen LogP contribution is 2.40. The number of carbonyl (C=O) groups is 2. The number of hydrogen-bond acceptors (Lipinski definition) is 4. The fraction of sp³-hybridized carbons (Fsp3) is 0.407. The second kappa shape index (κ2) is 9.29. The number of carbonyl (C=O) groups excluding carboxylic acids is 2. The Morgan fingerprint density at radius 3 is 2.50 bits per heavy atom. The van der Waals surface area contributed by atoms with Crippen LogP contribution in [-0.4, -0.2) is 30.1 Å². The molecule has 32 heavy (non-hydrogen) atoms. The van der Waals surface area contributed by atoms with E-state index in [0.717, 1.165) is 59.1 Å². The van der Waals surface area contributed by atoms with E-state index in [-0.39, 0.29) is 24.1 Å². The van der Waals surface area contributed by atoms with E-state index in [2.05, 4.69) is 18.3 Å². The number of aryl methyl sites for hydroxylation is 2. The van der Waals surface area contributed by atoms with E-state index in [1.807, 2.05) is 61.2 Å². The van der Waals surface area contributed by atoms with Crippen LogP contribution in [0.3, 0.4) is 0 Å². The minimum Gasteiger partial charge on any atom is -0.468 e. The third-order valence-electron chi connectivity index (χ3n) is 6.81. The summed E-state index contributed by atoms with van der Waals surface area (Å²) in [5.41, 5.74) is 6.17. The third kappa shape index (κ3) is 4.09. The number of rotatable bonds is 6. The second-order valence-corrected chi connectivity index (χ2v) is 8.90. The molecule has 1 aliphatic heterocycles. The Kier molecular flexibility index (Phi) is 6.47. The van der Waals surface area contributed by atoms with Crippen molar-refractivity contribution in [1.29, 1.82) is 0 Å². The van der Waals surface area contributed by atoms with Crippen molar-refractivity contribution >= 4 is 11.9 Å². The number of nitrogens with zero attached hydrogens (tertiary/aromatic N) is 1. The van der Waals surface area contributed by atoms with Gasteiger partial charge in [0.25, 0.3) is 5.91 Å². The van der Waals surface area contributed by atoms with E-state index < -0.39 is 6.04 Å². The van der Waals surface area contributed by atoms with Crippen LogP contribution in [0.5, 0.6) is 0 Å². The molecule has 0 bridgehead atoms. The Bertz CT molecular complexity index is 1040. The third-order valence-corrected chi connectivity index (χ3v) is 6.81. The fourth-order valence-corrected chi connectivity index (χ4v) is 5.10. The highest BCUT2D eigenvalue weighted by molar-refractivity contribution is 5.98. The molecule has 1 N–H and O–H groups in total. The van der Waals surface area contributed by atoms with Crippen molar-refractivity contribution in [3.8, 4) is 0 Å². The summed E-state index contributed by atoms with van der Waals surface area (Å²) in [7, 11) is 1.41. The summed E-state index contributed by atoms with van der Waals surface area (Å²) in [5.74, 6) is -0.264. The van der Waals surface area contributed by atoms with Gasteiger partial charge in [-0.15, -0.1) is 0 Å². The minimum absolute atomic E-state index is 0.0813. The van der Waals surface area contributed by atoms with Crippen molar-refractivity contribution in [1.82, 2.24) is 10.2 Å². The van der Waals surface area contributed by atoms with Crippen molar-refractivity contribution in [3.63, 3.8) is 0 Å². The minimum atomic E-state index is -0.655. The average molecular weight is 433 g/mol. The zero-order valence-electron chi connectivity index (χ0n) is 19.4. The molecule has 2 aromatic rings. The van der Waals surface area contributed by atoms with Gasteiger partial charge in [-0.05, 0) is 68.7 Å². The van der Waals surface area contributed by atoms with Crippen LogP contribution in [0.25, 0.3) is 0 Å². The van der Waals surface area contributed by atoms with E-state index in [1.165, 1.54) is 7.11 Å². The van der Waals surface area contributed by atoms with Crippen molar-refractivity contribution in [2.75, 3.05) is 7.11 Å². The fourth-order valence-electron chi connectivity index (χ4n) is 5.10. The van der Waals surface area contributed by atoms with Crippen molar-refractivity contribution in [2.45, 2.75) is 64.7 Å². The number of methoxy groups -OCH3 is 1. The summed E-state index contributed by atoms with van der Waals surface area (Å²) in [6.07, 6.45) is 3.43. The molecule has 1 heterocycles. The quantitative estimate of drug-likeness (QED) is 0.659. The molecule has 0 spiro atoms. The van der Waals surface area contributed by atoms with Crippen LogP contribution in [0.4, 0.5) is 0 Å². The summed E-state index contributed by atoms with van der Waals surface area (Å²) in [6, 6.07) is 15.4. The first kappa shape index (κ1) is 22.3. The maximum absolute atomic E-state index is 13.5. The largest absolute Gasteiger partial charge is 0.468 e. The highest BCUT2D eigenvalue weighted by Gasteiger charge is 2.44. The van der Waals surface area contributed by atoms with Crippen molar-refractivity contribution < 1.29 is 14.3 Å². The molecule has 3 atom stereocenters. The molecule has 1 aliphatic carbocycles. The van der Waals surface area contributed by atoms with E-state index in [1.54, 1.807) is 0 Å². The second-order valence-electron chi connectivity index (χ2n) is 8.90. The van der Waals surface area contributed by atoms with Gasteiger partial charge < -0.3 is 9.64 Å². The van der Waals surface area contributed by atoms with Crippen LogP contribution >= 0.6 is 0 Å². The maximum atomic E-state index is 13.5. The lowest BCUT2D eigenvalue weighted by Gasteiger charge is -2.36. The predicted molar refractivity (Wildman–Crippen MR) is 125 cm³/mol. The van der Waals surface area contributed by atoms with Crippen LogP contribution < -0.4 is 5.32 Å². The number of esters is 1. The van der Waals surface area contributed by atoms with Crippen LogP contribution in [0.15, 0.2) is 59.7 Å². The molecule has 168 valence electrons. The standard InChI is InChI=1S/C27H32N2O3/c1-17-14-15-21(18(2)16-17)24(27(31)32-4)28-25-22-12-8-9-13-23(22)26(30)29(25)19(3)20-10-6-5-7-11-20/h5-7,10-11,14-16,19,24-25,28H,8-9,12-13H2,1-4H3/t19-,24+,25-/m0/s1. The van der Waals surface area contributed by atoms with Gasteiger partial charge in [-0.1, -0.05) is 54.1 Å². The highest BCUT2D eigenvalue weighted by atomic mass is 16.5. The molecular weight excluding hydrogens is 400 g/mol. The van der Waals surface area contributed by atoms with Crippen LogP contribution in [0, 0.1) is 13.8 Å². The molecule has 0 fully saturated rings. The average Bonchev–Trinajstić information content (AvgIpc) is 3.09. The predicted octanol–water partition coefficient (Wildman–Crippen LogP) is 4.91. The molecule has 0 aromatic heterocycles. The van der Waals surface area contributed by atoms with E-state index in [9.17, 15) is 9.59 Å². The molecule has 0 radical (unpaired) electrons. The lowest BCUT2D eigenvalue weighted by Crippen LogP contribution is -2.49. The summed E-state index contributed by atoms with van der Waals surface area (Å²) in [6.45, 7) is 6.11. The number of benzene rings is 2. The maximum Gasteiger partial charge on any atom is 0.327 e. The van der Waals surface area contributed by atoms with Gasteiger partial charge in [0.05, 0.1) is 13.2 Å². The summed E-state index contributed by atoms with van der Waals surface area (Å²) < 4.78 is 5.18. The van der Waals surface area contributed by atoms with Gasteiger partial charge in [-0.3, -0.25) is 10.1 Å². The Hall–Kier alpha value is -2.92. The Morgan fingerprint density at radius 2 is 1.81 bits per heavy atom. The number of nitrogens with one attached hydrogen (secondary N) is 1. The topological polar surface area (TPSA) is 58.6 Å². The zero-order chi connectivity index (χ0) is 22.8. The number of amides is 1. The number of hydrogen-bond donors (Lipinski definition) is 1. The van der Waals surface area contributed by atoms with E-state index in [0.29, 0.717) is 0 Å². The Morgan fingerprint density at radius 1 is 1.09 bits per heavy atom. The molecule has 5 nitrogen and oxygen atoms in total. The van der Waals surface area contributed by atoms with Gasteiger partial charge in [-0.25, -0.2) is 4.79 Å². The Labute approximate surface area is 190 Å². The summed E-state index contributed by atoms with van der Waals surface area (Å²) >= 11 is 0. The molecule has 0 saturated heterocycles. The monoisotopic (exact) mass is 432 g/mol. The summed E-state index contributed by atoms with van der Waals surface area (Å²) in [4.78, 5) is 28.4. The van der Waals surface area contributed by atoms with Gasteiger partial charge in [-0.2, -0.15) is 0 Å². The molecule has 0 saturated carbocycles. The van der Waals surface area contributed by atoms with Crippen molar-refractivity contribution in [2.24, 2.45) is 0 Å². The molecule has 5 heteroatoms. The molecule has 4 rings (SSSR count). The van der Waals surface area contributed by atoms with Gasteiger partial charge in [0.15, 0.2) is 0 Å². The smallest absolute Gasteiger partial charge is 0.327 e. The van der Waals surface area contributed by atoms with Crippen LogP contribution in [0.1, 0.15) is 66.9 Å². The van der Waals surface area contributed by atoms with E-state index in [4.69, 9.17) is 4.74 Å². The lowest BCUT2D eigenvalue weighted by atomic mass is 9.91. The molecule has 1 amide bonds. The van der Waals surface area contributed by atoms with Crippen LogP contribution in [0.2, 0.25) is 0 Å². The van der Waals surface area contributed by atoms with Gasteiger partial charge in [0, 0.05) is 5.57 Å². The first-order chi connectivity index (χ1) is 15.4. The van der Waals surface area contributed by atoms with Gasteiger partial charge in [0.2, 0.25) is 0 Å². The molecule has 0 unspecified atom stereocenters. The molecule has 2 aliphatic rings. The van der Waals surface area contributed by atoms with Gasteiger partial charge >= 0.3 is 5.97 Å². The number of ether oxygens (including phenoxy) is 1. The van der Waals surface area contributed by atoms with Crippen LogP contribution in [-0.2, 0) is 14.3 Å². The molecular formula is C27H32N2O3. The normalized spacial score (nSPS) is 20.2. The SMILES string of the molecule is COC(=O)[C@H](N[C@@H]1C2=C(CCCC2)C(=O)N1[C@@H](C)c1ccccc1)c1ccc(C)cc1C. The molecule has 2 aromatic carbocycles.